The molecule has 2 aromatic carbocycles. The van der Waals surface area contributed by atoms with Crippen molar-refractivity contribution in [2.75, 3.05) is 7.11 Å². The van der Waals surface area contributed by atoms with Crippen LogP contribution in [0.25, 0.3) is 16.6 Å². The van der Waals surface area contributed by atoms with E-state index in [2.05, 4.69) is 9.98 Å². The summed E-state index contributed by atoms with van der Waals surface area (Å²) >= 11 is 1.52. The molecule has 1 aliphatic heterocycles. The van der Waals surface area contributed by atoms with E-state index in [1.54, 1.807) is 37.5 Å². The van der Waals surface area contributed by atoms with Gasteiger partial charge in [0.05, 0.1) is 12.8 Å². The van der Waals surface area contributed by atoms with E-state index in [1.165, 1.54) is 11.3 Å². The third-order valence-corrected chi connectivity index (χ3v) is 4.69. The van der Waals surface area contributed by atoms with Gasteiger partial charge in [-0.05, 0) is 30.3 Å². The van der Waals surface area contributed by atoms with Crippen LogP contribution in [-0.4, -0.2) is 24.0 Å². The molecule has 0 fully saturated rings. The number of aliphatic imine (C=N–C) groups is 1. The molecule has 1 aromatic heterocycles. The van der Waals surface area contributed by atoms with Crippen LogP contribution in [0, 0.1) is 0 Å². The highest BCUT2D eigenvalue weighted by Gasteiger charge is 2.24. The molecule has 3 aromatic rings. The highest BCUT2D eigenvalue weighted by molar-refractivity contribution is 7.13. The maximum absolute atomic E-state index is 12.1. The zero-order valence-electron chi connectivity index (χ0n) is 13.9. The molecule has 0 spiro atoms. The number of carbonyl (C=O) groups is 1. The second-order valence-corrected chi connectivity index (χ2v) is 6.37. The molecule has 6 heteroatoms. The Hall–Kier alpha value is -3.25. The minimum Gasteiger partial charge on any atom is -0.497 e. The van der Waals surface area contributed by atoms with Crippen LogP contribution in [-0.2, 0) is 9.53 Å². The summed E-state index contributed by atoms with van der Waals surface area (Å²) in [4.78, 5) is 21.0. The fourth-order valence-electron chi connectivity index (χ4n) is 2.47. The second-order valence-electron chi connectivity index (χ2n) is 5.51. The van der Waals surface area contributed by atoms with Crippen molar-refractivity contribution >= 4 is 29.3 Å². The fourth-order valence-corrected chi connectivity index (χ4v) is 3.26. The van der Waals surface area contributed by atoms with Gasteiger partial charge >= 0.3 is 5.97 Å². The molecule has 0 bridgehead atoms. The molecular weight excluding hydrogens is 348 g/mol. The van der Waals surface area contributed by atoms with Gasteiger partial charge in [0.1, 0.15) is 10.8 Å². The Kier molecular flexibility index (Phi) is 4.33. The molecule has 2 heterocycles. The average Bonchev–Trinajstić information content (AvgIpc) is 3.30. The molecule has 0 aliphatic carbocycles. The Morgan fingerprint density at radius 2 is 1.81 bits per heavy atom. The molecule has 0 unspecified atom stereocenters. The van der Waals surface area contributed by atoms with Crippen LogP contribution in [0.15, 0.2) is 70.7 Å². The number of ether oxygens (including phenoxy) is 2. The van der Waals surface area contributed by atoms with E-state index < -0.39 is 5.97 Å². The maximum Gasteiger partial charge on any atom is 0.363 e. The van der Waals surface area contributed by atoms with Gasteiger partial charge in [-0.15, -0.1) is 11.3 Å². The smallest absolute Gasteiger partial charge is 0.363 e. The van der Waals surface area contributed by atoms with Gasteiger partial charge in [-0.3, -0.25) is 0 Å². The third kappa shape index (κ3) is 3.27. The summed E-state index contributed by atoms with van der Waals surface area (Å²) in [6.07, 6.45) is 1.64. The van der Waals surface area contributed by atoms with Crippen LogP contribution in [0.5, 0.6) is 5.75 Å². The van der Waals surface area contributed by atoms with Crippen LogP contribution in [0.4, 0.5) is 0 Å². The molecule has 0 atom stereocenters. The van der Waals surface area contributed by atoms with Crippen molar-refractivity contribution in [2.45, 2.75) is 0 Å². The molecule has 0 amide bonds. The number of aromatic nitrogens is 1. The van der Waals surface area contributed by atoms with E-state index in [9.17, 15) is 4.79 Å². The first kappa shape index (κ1) is 16.2. The van der Waals surface area contributed by atoms with Crippen molar-refractivity contribution in [1.29, 1.82) is 0 Å². The number of esters is 1. The van der Waals surface area contributed by atoms with E-state index in [0.29, 0.717) is 11.3 Å². The quantitative estimate of drug-likeness (QED) is 0.516. The standard InChI is InChI=1S/C20H14N2O3S/c1-24-16-9-7-13(8-10-16)18-22-17(20(23)25-18)11-15-12-26-19(21-15)14-5-3-2-4-6-14/h2-12H,1H3. The van der Waals surface area contributed by atoms with Crippen molar-refractivity contribution in [3.8, 4) is 16.3 Å². The largest absolute Gasteiger partial charge is 0.497 e. The number of rotatable bonds is 4. The summed E-state index contributed by atoms with van der Waals surface area (Å²) in [7, 11) is 1.60. The Morgan fingerprint density at radius 3 is 2.54 bits per heavy atom. The van der Waals surface area contributed by atoms with Gasteiger partial charge in [-0.25, -0.2) is 14.8 Å². The van der Waals surface area contributed by atoms with E-state index in [-0.39, 0.29) is 11.6 Å². The van der Waals surface area contributed by atoms with Crippen LogP contribution >= 0.6 is 11.3 Å². The minimum atomic E-state index is -0.481. The zero-order valence-corrected chi connectivity index (χ0v) is 14.7. The Morgan fingerprint density at radius 1 is 1.04 bits per heavy atom. The van der Waals surface area contributed by atoms with Gasteiger partial charge in [0.2, 0.25) is 5.90 Å². The number of thiazole rings is 1. The Balaban J connectivity index is 1.60. The molecular formula is C20H14N2O3S. The average molecular weight is 362 g/mol. The Labute approximate surface area is 154 Å². The number of methoxy groups -OCH3 is 1. The third-order valence-electron chi connectivity index (χ3n) is 3.78. The van der Waals surface area contributed by atoms with Crippen molar-refractivity contribution in [2.24, 2.45) is 4.99 Å². The van der Waals surface area contributed by atoms with Gasteiger partial charge < -0.3 is 9.47 Å². The van der Waals surface area contributed by atoms with Crippen molar-refractivity contribution < 1.29 is 14.3 Å². The van der Waals surface area contributed by atoms with E-state index >= 15 is 0 Å². The second kappa shape index (κ2) is 6.93. The van der Waals surface area contributed by atoms with E-state index in [0.717, 1.165) is 16.3 Å². The number of cyclic esters (lactones) is 1. The first-order chi connectivity index (χ1) is 12.7. The normalized spacial score (nSPS) is 15.0. The van der Waals surface area contributed by atoms with Crippen molar-refractivity contribution in [3.05, 3.63) is 76.9 Å². The molecule has 128 valence electrons. The lowest BCUT2D eigenvalue weighted by atomic mass is 10.2. The highest BCUT2D eigenvalue weighted by Crippen LogP contribution is 2.26. The van der Waals surface area contributed by atoms with Gasteiger partial charge in [-0.1, -0.05) is 30.3 Å². The number of hydrogen-bond donors (Lipinski definition) is 0. The molecule has 26 heavy (non-hydrogen) atoms. The molecule has 0 radical (unpaired) electrons. The molecule has 0 N–H and O–H groups in total. The number of benzene rings is 2. The van der Waals surface area contributed by atoms with Gasteiger partial charge in [0.15, 0.2) is 5.70 Å². The topological polar surface area (TPSA) is 60.8 Å². The highest BCUT2D eigenvalue weighted by atomic mass is 32.1. The summed E-state index contributed by atoms with van der Waals surface area (Å²) in [6, 6.07) is 17.1. The minimum absolute atomic E-state index is 0.237. The lowest BCUT2D eigenvalue weighted by Crippen LogP contribution is -2.05. The predicted molar refractivity (Wildman–Crippen MR) is 101 cm³/mol. The van der Waals surface area contributed by atoms with E-state index in [1.807, 2.05) is 35.7 Å². The van der Waals surface area contributed by atoms with Gasteiger partial charge in [-0.2, -0.15) is 0 Å². The molecule has 0 saturated carbocycles. The van der Waals surface area contributed by atoms with E-state index in [4.69, 9.17) is 9.47 Å². The predicted octanol–water partition coefficient (Wildman–Crippen LogP) is 4.16. The molecule has 5 nitrogen and oxygen atoms in total. The summed E-state index contributed by atoms with van der Waals surface area (Å²) in [5, 5.41) is 2.78. The first-order valence-electron chi connectivity index (χ1n) is 7.91. The van der Waals surface area contributed by atoms with Gasteiger partial charge in [0, 0.05) is 16.5 Å². The van der Waals surface area contributed by atoms with Crippen LogP contribution < -0.4 is 4.74 Å². The van der Waals surface area contributed by atoms with Crippen LogP contribution in [0.2, 0.25) is 0 Å². The summed E-state index contributed by atoms with van der Waals surface area (Å²) in [5.74, 6) is 0.526. The van der Waals surface area contributed by atoms with Crippen molar-refractivity contribution in [3.63, 3.8) is 0 Å². The molecule has 4 rings (SSSR count). The van der Waals surface area contributed by atoms with Gasteiger partial charge in [0.25, 0.3) is 0 Å². The SMILES string of the molecule is COc1ccc(C2=NC(=Cc3csc(-c4ccccc4)n3)C(=O)O2)cc1. The molecule has 1 aliphatic rings. The number of carbonyl (C=O) groups excluding carboxylic acids is 1. The lowest BCUT2D eigenvalue weighted by Gasteiger charge is -2.01. The zero-order chi connectivity index (χ0) is 17.9. The molecule has 0 saturated heterocycles. The number of nitrogens with zero attached hydrogens (tertiary/aromatic N) is 2. The Bertz CT molecular complexity index is 1010. The number of hydrogen-bond acceptors (Lipinski definition) is 6. The monoisotopic (exact) mass is 362 g/mol. The summed E-state index contributed by atoms with van der Waals surface area (Å²) in [6.45, 7) is 0. The fraction of sp³-hybridized carbons (Fsp3) is 0.0500. The first-order valence-corrected chi connectivity index (χ1v) is 8.79. The van der Waals surface area contributed by atoms with Crippen LogP contribution in [0.1, 0.15) is 11.3 Å². The van der Waals surface area contributed by atoms with Crippen molar-refractivity contribution in [1.82, 2.24) is 4.98 Å². The summed E-state index contributed by atoms with van der Waals surface area (Å²) < 4.78 is 10.4. The lowest BCUT2D eigenvalue weighted by molar-refractivity contribution is -0.129. The summed E-state index contributed by atoms with van der Waals surface area (Å²) in [5.41, 5.74) is 2.67. The maximum atomic E-state index is 12.1. The van der Waals surface area contributed by atoms with Crippen LogP contribution in [0.3, 0.4) is 0 Å².